The molecule has 0 heterocycles. The summed E-state index contributed by atoms with van der Waals surface area (Å²) in [4.78, 5) is 18.7. The molecule has 1 rings (SSSR count). The van der Waals surface area contributed by atoms with Crippen molar-refractivity contribution in [2.75, 3.05) is 6.26 Å². The quantitative estimate of drug-likeness (QED) is 0.612. The summed E-state index contributed by atoms with van der Waals surface area (Å²) in [5.41, 5.74) is -1.64. The smallest absolute Gasteiger partial charge is 0.258 e. The number of nitro groups is 2. The monoisotopic (exact) mass is 280 g/mol. The molecule has 0 N–H and O–H groups in total. The van der Waals surface area contributed by atoms with E-state index in [1.807, 2.05) is 0 Å². The summed E-state index contributed by atoms with van der Waals surface area (Å²) < 4.78 is 22.4. The van der Waals surface area contributed by atoms with Gasteiger partial charge in [-0.15, -0.1) is 0 Å². The Morgan fingerprint density at radius 3 is 1.71 bits per heavy atom. The Bertz CT molecular complexity index is 576. The maximum Gasteiger partial charge on any atom is 0.296 e. The molecule has 0 radical (unpaired) electrons. The van der Waals surface area contributed by atoms with Crippen LogP contribution in [-0.2, 0) is 9.84 Å². The van der Waals surface area contributed by atoms with Crippen molar-refractivity contribution < 1.29 is 18.3 Å². The molecule has 0 spiro atoms. The first kappa shape index (κ1) is 13.3. The van der Waals surface area contributed by atoms with Crippen LogP contribution in [0.5, 0.6) is 0 Å². The summed E-state index contributed by atoms with van der Waals surface area (Å²) in [5.74, 6) is 0. The summed E-state index contributed by atoms with van der Waals surface area (Å²) in [5, 5.41) is 20.5. The molecule has 1 aromatic carbocycles. The zero-order valence-corrected chi connectivity index (χ0v) is 9.86. The van der Waals surface area contributed by atoms with Crippen molar-refractivity contribution in [3.63, 3.8) is 0 Å². The second-order valence-electron chi connectivity index (χ2n) is 3.06. The van der Waals surface area contributed by atoms with E-state index in [4.69, 9.17) is 11.6 Å². The lowest BCUT2D eigenvalue weighted by Crippen LogP contribution is -2.02. The van der Waals surface area contributed by atoms with Gasteiger partial charge in [0.05, 0.1) is 14.7 Å². The highest BCUT2D eigenvalue weighted by Crippen LogP contribution is 2.36. The summed E-state index contributed by atoms with van der Waals surface area (Å²) in [6, 6.07) is 1.37. The van der Waals surface area contributed by atoms with Crippen molar-refractivity contribution in [2.24, 2.45) is 0 Å². The molecular formula is C7H5ClN2O6S. The van der Waals surface area contributed by atoms with Gasteiger partial charge in [-0.1, -0.05) is 11.6 Å². The first-order chi connectivity index (χ1) is 7.64. The zero-order valence-electron chi connectivity index (χ0n) is 8.28. The van der Waals surface area contributed by atoms with Crippen LogP contribution in [0.1, 0.15) is 0 Å². The first-order valence-corrected chi connectivity index (χ1v) is 6.24. The molecule has 0 aliphatic heterocycles. The lowest BCUT2D eigenvalue weighted by atomic mass is 10.3. The van der Waals surface area contributed by atoms with E-state index in [2.05, 4.69) is 0 Å². The van der Waals surface area contributed by atoms with E-state index in [1.165, 1.54) is 0 Å². The predicted molar refractivity (Wildman–Crippen MR) is 57.9 cm³/mol. The minimum Gasteiger partial charge on any atom is -0.258 e. The number of hydrogen-bond acceptors (Lipinski definition) is 6. The molecule has 0 aliphatic rings. The molecule has 17 heavy (non-hydrogen) atoms. The van der Waals surface area contributed by atoms with Crippen molar-refractivity contribution in [1.82, 2.24) is 0 Å². The van der Waals surface area contributed by atoms with E-state index >= 15 is 0 Å². The molecule has 92 valence electrons. The summed E-state index contributed by atoms with van der Waals surface area (Å²) in [7, 11) is -3.80. The molecule has 10 heteroatoms. The number of rotatable bonds is 3. The highest BCUT2D eigenvalue weighted by molar-refractivity contribution is 7.90. The number of sulfone groups is 1. The Kier molecular flexibility index (Phi) is 3.34. The minimum atomic E-state index is -3.80. The highest BCUT2D eigenvalue weighted by Gasteiger charge is 2.27. The second kappa shape index (κ2) is 4.26. The van der Waals surface area contributed by atoms with Gasteiger partial charge in [0.2, 0.25) is 0 Å². The molecule has 0 amide bonds. The van der Waals surface area contributed by atoms with Crippen molar-refractivity contribution >= 4 is 32.8 Å². The average molecular weight is 281 g/mol. The van der Waals surface area contributed by atoms with Crippen LogP contribution in [0.4, 0.5) is 11.4 Å². The molecule has 1 aromatic rings. The lowest BCUT2D eigenvalue weighted by Gasteiger charge is -2.01. The molecule has 0 unspecified atom stereocenters. The molecular weight excluding hydrogens is 276 g/mol. The van der Waals surface area contributed by atoms with Gasteiger partial charge in [0.1, 0.15) is 0 Å². The largest absolute Gasteiger partial charge is 0.296 e. The molecule has 0 saturated carbocycles. The van der Waals surface area contributed by atoms with Crippen LogP contribution >= 0.6 is 11.6 Å². The molecule has 0 aliphatic carbocycles. The van der Waals surface area contributed by atoms with Crippen molar-refractivity contribution in [2.45, 2.75) is 4.90 Å². The van der Waals surface area contributed by atoms with Gasteiger partial charge in [0.15, 0.2) is 14.9 Å². The number of halogens is 1. The van der Waals surface area contributed by atoms with Gasteiger partial charge in [-0.05, 0) is 0 Å². The number of benzene rings is 1. The highest BCUT2D eigenvalue weighted by atomic mass is 35.5. The van der Waals surface area contributed by atoms with Crippen LogP contribution < -0.4 is 0 Å². The predicted octanol–water partition coefficient (Wildman–Crippen LogP) is 1.56. The van der Waals surface area contributed by atoms with Gasteiger partial charge < -0.3 is 0 Å². The normalized spacial score (nSPS) is 11.2. The van der Waals surface area contributed by atoms with E-state index in [1.54, 1.807) is 0 Å². The maximum absolute atomic E-state index is 11.2. The van der Waals surface area contributed by atoms with E-state index in [0.717, 1.165) is 6.26 Å². The third-order valence-corrected chi connectivity index (χ3v) is 3.31. The Labute approximate surface area is 100 Å². The Hall–Kier alpha value is -1.74. The standard InChI is InChI=1S/C7H5ClN2O6S/c1-17(15,16)4-2-5(9(11)12)7(8)6(3-4)10(13)14/h2-3H,1H3. The number of nitrogens with zero attached hydrogens (tertiary/aromatic N) is 2. The van der Waals surface area contributed by atoms with Crippen LogP contribution in [0.2, 0.25) is 5.02 Å². The van der Waals surface area contributed by atoms with Crippen molar-refractivity contribution in [3.05, 3.63) is 37.4 Å². The Balaban J connectivity index is 3.71. The molecule has 0 atom stereocenters. The van der Waals surface area contributed by atoms with Crippen LogP contribution in [0, 0.1) is 20.2 Å². The van der Waals surface area contributed by atoms with Gasteiger partial charge in [-0.25, -0.2) is 8.42 Å². The minimum absolute atomic E-state index is 0.527. The lowest BCUT2D eigenvalue weighted by molar-refractivity contribution is -0.394. The Morgan fingerprint density at radius 2 is 1.47 bits per heavy atom. The zero-order chi connectivity index (χ0) is 13.4. The van der Waals surface area contributed by atoms with E-state index in [9.17, 15) is 28.6 Å². The van der Waals surface area contributed by atoms with Gasteiger partial charge in [0.25, 0.3) is 11.4 Å². The van der Waals surface area contributed by atoms with Crippen LogP contribution in [0.25, 0.3) is 0 Å². The van der Waals surface area contributed by atoms with Gasteiger partial charge >= 0.3 is 0 Å². The van der Waals surface area contributed by atoms with Gasteiger partial charge in [0, 0.05) is 18.4 Å². The number of hydrogen-bond donors (Lipinski definition) is 0. The average Bonchev–Trinajstić information content (AvgIpc) is 2.14. The van der Waals surface area contributed by atoms with Crippen LogP contribution in [-0.4, -0.2) is 24.5 Å². The van der Waals surface area contributed by atoms with Crippen molar-refractivity contribution in [1.29, 1.82) is 0 Å². The van der Waals surface area contributed by atoms with Gasteiger partial charge in [-0.3, -0.25) is 20.2 Å². The van der Waals surface area contributed by atoms with Gasteiger partial charge in [-0.2, -0.15) is 0 Å². The first-order valence-electron chi connectivity index (χ1n) is 3.97. The topological polar surface area (TPSA) is 120 Å². The maximum atomic E-state index is 11.2. The third-order valence-electron chi connectivity index (χ3n) is 1.83. The molecule has 0 aromatic heterocycles. The fraction of sp³-hybridized carbons (Fsp3) is 0.143. The molecule has 0 fully saturated rings. The third kappa shape index (κ3) is 2.68. The Morgan fingerprint density at radius 1 is 1.12 bits per heavy atom. The van der Waals surface area contributed by atoms with E-state index < -0.39 is 41.0 Å². The molecule has 8 nitrogen and oxygen atoms in total. The van der Waals surface area contributed by atoms with Crippen molar-refractivity contribution in [3.8, 4) is 0 Å². The molecule has 0 saturated heterocycles. The second-order valence-corrected chi connectivity index (χ2v) is 5.46. The fourth-order valence-corrected chi connectivity index (χ4v) is 1.95. The van der Waals surface area contributed by atoms with E-state index in [-0.39, 0.29) is 0 Å². The summed E-state index contributed by atoms with van der Waals surface area (Å²) in [6.07, 6.45) is 0.781. The SMILES string of the molecule is CS(=O)(=O)c1cc([N+](=O)[O-])c(Cl)c([N+](=O)[O-])c1. The summed E-state index contributed by atoms with van der Waals surface area (Å²) >= 11 is 5.44. The number of nitro benzene ring substituents is 2. The summed E-state index contributed by atoms with van der Waals surface area (Å²) in [6.45, 7) is 0. The van der Waals surface area contributed by atoms with Crippen LogP contribution in [0.15, 0.2) is 17.0 Å². The van der Waals surface area contributed by atoms with Crippen LogP contribution in [0.3, 0.4) is 0 Å². The molecule has 0 bridgehead atoms. The fourth-order valence-electron chi connectivity index (χ4n) is 1.05. The van der Waals surface area contributed by atoms with E-state index in [0.29, 0.717) is 12.1 Å².